The molecule has 0 aliphatic carbocycles. The van der Waals surface area contributed by atoms with Crippen molar-refractivity contribution in [2.45, 2.75) is 45.8 Å². The zero-order valence-corrected chi connectivity index (χ0v) is 14.4. The Bertz CT molecular complexity index is 665. The maximum Gasteiger partial charge on any atom is 0.138 e. The van der Waals surface area contributed by atoms with Crippen LogP contribution < -0.4 is 5.32 Å². The van der Waals surface area contributed by atoms with Crippen molar-refractivity contribution < 1.29 is 9.84 Å². The van der Waals surface area contributed by atoms with Crippen LogP contribution in [0.15, 0.2) is 24.5 Å². The Balaban J connectivity index is 1.80. The first kappa shape index (κ1) is 16.9. The predicted octanol–water partition coefficient (Wildman–Crippen LogP) is 2.57. The fraction of sp³-hybridized carbons (Fsp3) is 0.556. The molecule has 1 saturated heterocycles. The number of imidazole rings is 1. The highest BCUT2D eigenvalue weighted by Gasteiger charge is 2.28. The van der Waals surface area contributed by atoms with Crippen LogP contribution in [0.1, 0.15) is 43.0 Å². The summed E-state index contributed by atoms with van der Waals surface area (Å²) in [5.41, 5.74) is 1.59. The van der Waals surface area contributed by atoms with Gasteiger partial charge in [0.2, 0.25) is 0 Å². The first-order valence-corrected chi connectivity index (χ1v) is 8.66. The number of pyridine rings is 1. The Kier molecular flexibility index (Phi) is 5.48. The van der Waals surface area contributed by atoms with Gasteiger partial charge in [0.1, 0.15) is 11.6 Å². The zero-order valence-electron chi connectivity index (χ0n) is 14.4. The van der Waals surface area contributed by atoms with E-state index in [4.69, 9.17) is 4.74 Å². The van der Waals surface area contributed by atoms with E-state index in [9.17, 15) is 5.11 Å². The highest BCUT2D eigenvalue weighted by molar-refractivity contribution is 5.27. The van der Waals surface area contributed by atoms with E-state index in [1.807, 2.05) is 25.4 Å². The van der Waals surface area contributed by atoms with Crippen LogP contribution in [0.2, 0.25) is 0 Å². The van der Waals surface area contributed by atoms with Crippen LogP contribution >= 0.6 is 0 Å². The van der Waals surface area contributed by atoms with Crippen molar-refractivity contribution in [1.29, 1.82) is 0 Å². The first-order valence-electron chi connectivity index (χ1n) is 8.66. The number of aromatic nitrogens is 3. The minimum absolute atomic E-state index is 0.130. The summed E-state index contributed by atoms with van der Waals surface area (Å²) in [7, 11) is 0. The topological polar surface area (TPSA) is 72.2 Å². The van der Waals surface area contributed by atoms with E-state index >= 15 is 0 Å². The second-order valence-electron chi connectivity index (χ2n) is 6.30. The predicted molar refractivity (Wildman–Crippen MR) is 91.7 cm³/mol. The lowest BCUT2D eigenvalue weighted by molar-refractivity contribution is 0.0516. The Labute approximate surface area is 142 Å². The Morgan fingerprint density at radius 1 is 1.38 bits per heavy atom. The molecule has 0 saturated carbocycles. The molecule has 1 atom stereocenters. The molecule has 1 aliphatic rings. The normalized spacial score (nSPS) is 17.1. The van der Waals surface area contributed by atoms with Crippen LogP contribution in [0.4, 0.5) is 0 Å². The number of nitrogens with one attached hydrogen (secondary N) is 1. The Morgan fingerprint density at radius 3 is 2.92 bits per heavy atom. The molecule has 0 spiro atoms. The number of hydrogen-bond acceptors (Lipinski definition) is 5. The summed E-state index contributed by atoms with van der Waals surface area (Å²) in [4.78, 5) is 9.04. The standard InChI is InChI=1S/C18H26N4O2/c1-3-22-9-8-19-18(22)17(14-6-10-24-11-7-14)20-12-15-16(23)5-4-13(2)21-15/h4-5,8-9,14,17,20,23H,3,6-7,10-12H2,1-2H3/t17-/m0/s1. The minimum Gasteiger partial charge on any atom is -0.506 e. The van der Waals surface area contributed by atoms with Crippen LogP contribution in [0.25, 0.3) is 0 Å². The summed E-state index contributed by atoms with van der Waals surface area (Å²) < 4.78 is 7.69. The number of aryl methyl sites for hydroxylation is 2. The van der Waals surface area contributed by atoms with Crippen LogP contribution in [-0.2, 0) is 17.8 Å². The Hall–Kier alpha value is -1.92. The third-order valence-corrected chi connectivity index (χ3v) is 4.68. The van der Waals surface area contributed by atoms with Crippen molar-refractivity contribution >= 4 is 0 Å². The van der Waals surface area contributed by atoms with Crippen LogP contribution in [0, 0.1) is 12.8 Å². The third-order valence-electron chi connectivity index (χ3n) is 4.68. The number of ether oxygens (including phenoxy) is 1. The van der Waals surface area contributed by atoms with Crippen molar-refractivity contribution in [1.82, 2.24) is 19.9 Å². The highest BCUT2D eigenvalue weighted by atomic mass is 16.5. The molecule has 2 aromatic heterocycles. The molecule has 0 radical (unpaired) electrons. The molecule has 130 valence electrons. The van der Waals surface area contributed by atoms with Crippen LogP contribution in [-0.4, -0.2) is 32.9 Å². The molecular weight excluding hydrogens is 304 g/mol. The number of nitrogens with zero attached hydrogens (tertiary/aromatic N) is 3. The summed E-state index contributed by atoms with van der Waals surface area (Å²) in [6, 6.07) is 3.65. The van der Waals surface area contributed by atoms with E-state index < -0.39 is 0 Å². The van der Waals surface area contributed by atoms with Gasteiger partial charge in [-0.05, 0) is 44.7 Å². The maximum atomic E-state index is 10.0. The molecule has 3 heterocycles. The average molecular weight is 330 g/mol. The second kappa shape index (κ2) is 7.77. The first-order chi connectivity index (χ1) is 11.7. The summed E-state index contributed by atoms with van der Waals surface area (Å²) in [5.74, 6) is 1.76. The zero-order chi connectivity index (χ0) is 16.9. The Morgan fingerprint density at radius 2 is 2.17 bits per heavy atom. The lowest BCUT2D eigenvalue weighted by atomic mass is 9.91. The maximum absolute atomic E-state index is 10.0. The summed E-state index contributed by atoms with van der Waals surface area (Å²) in [6.07, 6.45) is 5.91. The van der Waals surface area contributed by atoms with E-state index in [-0.39, 0.29) is 11.8 Å². The van der Waals surface area contributed by atoms with E-state index in [0.29, 0.717) is 18.2 Å². The highest BCUT2D eigenvalue weighted by Crippen LogP contribution is 2.30. The van der Waals surface area contributed by atoms with Gasteiger partial charge in [-0.3, -0.25) is 4.98 Å². The molecule has 3 rings (SSSR count). The van der Waals surface area contributed by atoms with Gasteiger partial charge in [0.05, 0.1) is 11.7 Å². The van der Waals surface area contributed by atoms with Gasteiger partial charge in [-0.2, -0.15) is 0 Å². The molecule has 24 heavy (non-hydrogen) atoms. The van der Waals surface area contributed by atoms with Crippen molar-refractivity contribution in [3.8, 4) is 5.75 Å². The van der Waals surface area contributed by atoms with Crippen molar-refractivity contribution in [3.05, 3.63) is 41.7 Å². The summed E-state index contributed by atoms with van der Waals surface area (Å²) in [6.45, 7) is 7.06. The van der Waals surface area contributed by atoms with Crippen LogP contribution in [0.3, 0.4) is 0 Å². The van der Waals surface area contributed by atoms with E-state index in [1.54, 1.807) is 6.07 Å². The van der Waals surface area contributed by atoms with Gasteiger partial charge < -0.3 is 19.7 Å². The lowest BCUT2D eigenvalue weighted by Gasteiger charge is -2.31. The fourth-order valence-corrected chi connectivity index (χ4v) is 3.32. The molecule has 0 amide bonds. The van der Waals surface area contributed by atoms with Gasteiger partial charge in [0.15, 0.2) is 0 Å². The van der Waals surface area contributed by atoms with Gasteiger partial charge in [-0.25, -0.2) is 4.98 Å². The third kappa shape index (κ3) is 3.76. The van der Waals surface area contributed by atoms with Crippen molar-refractivity contribution in [2.24, 2.45) is 5.92 Å². The minimum atomic E-state index is 0.130. The monoisotopic (exact) mass is 330 g/mol. The molecule has 0 unspecified atom stereocenters. The van der Waals surface area contributed by atoms with Gasteiger partial charge in [-0.15, -0.1) is 0 Å². The van der Waals surface area contributed by atoms with E-state index in [1.165, 1.54) is 0 Å². The SMILES string of the molecule is CCn1ccnc1[C@@H](NCc1nc(C)ccc1O)C1CCOCC1. The molecule has 0 aromatic carbocycles. The number of rotatable bonds is 6. The summed E-state index contributed by atoms with van der Waals surface area (Å²) >= 11 is 0. The molecule has 0 bridgehead atoms. The van der Waals surface area contributed by atoms with E-state index in [0.717, 1.165) is 44.1 Å². The van der Waals surface area contributed by atoms with E-state index in [2.05, 4.69) is 26.8 Å². The number of aromatic hydroxyl groups is 1. The fourth-order valence-electron chi connectivity index (χ4n) is 3.32. The molecule has 2 N–H and O–H groups in total. The van der Waals surface area contributed by atoms with Gasteiger partial charge in [-0.1, -0.05) is 0 Å². The second-order valence-corrected chi connectivity index (χ2v) is 6.30. The average Bonchev–Trinajstić information content (AvgIpc) is 3.07. The van der Waals surface area contributed by atoms with Crippen molar-refractivity contribution in [3.63, 3.8) is 0 Å². The smallest absolute Gasteiger partial charge is 0.138 e. The van der Waals surface area contributed by atoms with Gasteiger partial charge >= 0.3 is 0 Å². The molecular formula is C18H26N4O2. The molecule has 1 fully saturated rings. The lowest BCUT2D eigenvalue weighted by Crippen LogP contribution is -2.34. The molecule has 2 aromatic rings. The quantitative estimate of drug-likeness (QED) is 0.852. The van der Waals surface area contributed by atoms with Crippen LogP contribution in [0.5, 0.6) is 5.75 Å². The van der Waals surface area contributed by atoms with Crippen molar-refractivity contribution in [2.75, 3.05) is 13.2 Å². The largest absolute Gasteiger partial charge is 0.506 e. The van der Waals surface area contributed by atoms with Gasteiger partial charge in [0, 0.05) is 44.4 Å². The summed E-state index contributed by atoms with van der Waals surface area (Å²) in [5, 5.41) is 13.6. The molecule has 1 aliphatic heterocycles. The molecule has 6 heteroatoms. The molecule has 6 nitrogen and oxygen atoms in total. The van der Waals surface area contributed by atoms with Gasteiger partial charge in [0.25, 0.3) is 0 Å². The number of hydrogen-bond donors (Lipinski definition) is 2.